The number of nitrogens with zero attached hydrogens (tertiary/aromatic N) is 6. The minimum absolute atomic E-state index is 0.487. The van der Waals surface area contributed by atoms with Crippen molar-refractivity contribution in [1.29, 1.82) is 0 Å². The maximum atomic E-state index is 10.6. The monoisotopic (exact) mass is 511 g/mol. The Morgan fingerprint density at radius 3 is 2.76 bits per heavy atom. The third-order valence-corrected chi connectivity index (χ3v) is 7.35. The van der Waals surface area contributed by atoms with Gasteiger partial charge in [-0.05, 0) is 55.7 Å². The number of fused-ring (bicyclic) bond motifs is 2. The third-order valence-electron chi connectivity index (χ3n) is 7.35. The van der Waals surface area contributed by atoms with Gasteiger partial charge in [0.05, 0.1) is 42.8 Å². The van der Waals surface area contributed by atoms with Crippen molar-refractivity contribution in [2.75, 3.05) is 36.6 Å². The SMILES string of the molecule is C=CCN1C(=C)c2cnc(Nc3ccc4c(c3)CN(C3COC3)CC4)nc2N1c1cccc(C(C)(C)O)n1. The summed E-state index contributed by atoms with van der Waals surface area (Å²) in [5.41, 5.74) is 4.73. The van der Waals surface area contributed by atoms with E-state index in [1.54, 1.807) is 20.0 Å². The number of aromatic nitrogens is 3. The molecule has 0 saturated carbocycles. The summed E-state index contributed by atoms with van der Waals surface area (Å²) in [6.45, 7) is 15.8. The molecule has 0 amide bonds. The number of anilines is 4. The Labute approximate surface area is 223 Å². The van der Waals surface area contributed by atoms with E-state index in [1.807, 2.05) is 34.3 Å². The molecule has 0 radical (unpaired) electrons. The number of aliphatic hydroxyl groups is 1. The lowest BCUT2D eigenvalue weighted by Crippen LogP contribution is -2.50. The summed E-state index contributed by atoms with van der Waals surface area (Å²) >= 11 is 0. The molecule has 3 aliphatic heterocycles. The van der Waals surface area contributed by atoms with E-state index in [2.05, 4.69) is 46.6 Å². The fourth-order valence-electron chi connectivity index (χ4n) is 5.13. The standard InChI is InChI=1S/C29H33N7O2/c1-5-12-35-19(2)24-15-30-28(33-27(24)36(35)26-8-6-7-25(32-26)29(3,4)37)31-22-10-9-20-11-13-34(16-21(20)14-22)23-17-38-18-23/h5-10,14-15,23,37H,1-2,11-13,16-18H2,3-4H3,(H,30,31,33). The first kappa shape index (κ1) is 24.5. The molecule has 6 rings (SSSR count). The summed E-state index contributed by atoms with van der Waals surface area (Å²) in [5.74, 6) is 1.79. The zero-order valence-corrected chi connectivity index (χ0v) is 21.9. The van der Waals surface area contributed by atoms with Crippen molar-refractivity contribution in [3.05, 3.63) is 84.2 Å². The Balaban J connectivity index is 1.31. The summed E-state index contributed by atoms with van der Waals surface area (Å²) in [7, 11) is 0. The molecule has 0 unspecified atom stereocenters. The van der Waals surface area contributed by atoms with Crippen LogP contribution in [-0.4, -0.2) is 62.3 Å². The first-order valence-electron chi connectivity index (χ1n) is 13.0. The second kappa shape index (κ2) is 9.50. The Kier molecular flexibility index (Phi) is 6.14. The average Bonchev–Trinajstić information content (AvgIpc) is 3.13. The molecule has 0 spiro atoms. The highest BCUT2D eigenvalue weighted by Crippen LogP contribution is 2.42. The zero-order valence-electron chi connectivity index (χ0n) is 21.9. The summed E-state index contributed by atoms with van der Waals surface area (Å²) in [4.78, 5) is 16.8. The lowest BCUT2D eigenvalue weighted by atomic mass is 9.97. The molecule has 2 N–H and O–H groups in total. The second-order valence-corrected chi connectivity index (χ2v) is 10.5. The molecule has 38 heavy (non-hydrogen) atoms. The summed E-state index contributed by atoms with van der Waals surface area (Å²) in [6, 6.07) is 12.6. The van der Waals surface area contributed by atoms with Gasteiger partial charge in [-0.2, -0.15) is 4.98 Å². The Morgan fingerprint density at radius 1 is 1.18 bits per heavy atom. The molecule has 3 aromatic rings. The van der Waals surface area contributed by atoms with Crippen molar-refractivity contribution in [2.24, 2.45) is 0 Å². The molecule has 196 valence electrons. The lowest BCUT2D eigenvalue weighted by Gasteiger charge is -2.40. The molecule has 1 saturated heterocycles. The number of hydrazine groups is 1. The number of pyridine rings is 1. The average molecular weight is 512 g/mol. The van der Waals surface area contributed by atoms with Gasteiger partial charge in [0.1, 0.15) is 5.60 Å². The number of ether oxygens (including phenoxy) is 1. The normalized spacial score (nSPS) is 17.7. The van der Waals surface area contributed by atoms with E-state index in [1.165, 1.54) is 11.1 Å². The van der Waals surface area contributed by atoms with E-state index in [4.69, 9.17) is 14.7 Å². The number of rotatable bonds is 7. The number of benzene rings is 1. The molecule has 9 nitrogen and oxygen atoms in total. The van der Waals surface area contributed by atoms with Crippen LogP contribution in [0.1, 0.15) is 36.2 Å². The van der Waals surface area contributed by atoms with Crippen molar-refractivity contribution in [3.63, 3.8) is 0 Å². The molecule has 2 aromatic heterocycles. The van der Waals surface area contributed by atoms with E-state index in [0.29, 0.717) is 35.9 Å². The Bertz CT molecular complexity index is 1400. The number of hydrogen-bond acceptors (Lipinski definition) is 9. The van der Waals surface area contributed by atoms with Crippen molar-refractivity contribution in [3.8, 4) is 0 Å². The third kappa shape index (κ3) is 4.42. The summed E-state index contributed by atoms with van der Waals surface area (Å²) < 4.78 is 5.40. The molecule has 0 aliphatic carbocycles. The zero-order chi connectivity index (χ0) is 26.4. The van der Waals surface area contributed by atoms with Gasteiger partial charge in [0.15, 0.2) is 11.6 Å². The van der Waals surface area contributed by atoms with Crippen molar-refractivity contribution < 1.29 is 9.84 Å². The first-order chi connectivity index (χ1) is 18.3. The molecular weight excluding hydrogens is 478 g/mol. The molecule has 9 heteroatoms. The number of hydrogen-bond donors (Lipinski definition) is 2. The predicted molar refractivity (Wildman–Crippen MR) is 148 cm³/mol. The first-order valence-corrected chi connectivity index (χ1v) is 13.0. The van der Waals surface area contributed by atoms with Gasteiger partial charge in [0.25, 0.3) is 0 Å². The van der Waals surface area contributed by atoms with Gasteiger partial charge in [-0.25, -0.2) is 15.0 Å². The highest BCUT2D eigenvalue weighted by molar-refractivity contribution is 5.83. The highest BCUT2D eigenvalue weighted by atomic mass is 16.5. The molecule has 0 bridgehead atoms. The van der Waals surface area contributed by atoms with E-state index >= 15 is 0 Å². The quantitative estimate of drug-likeness (QED) is 0.455. The molecule has 1 aromatic carbocycles. The van der Waals surface area contributed by atoms with Crippen LogP contribution in [-0.2, 0) is 23.3 Å². The van der Waals surface area contributed by atoms with Crippen molar-refractivity contribution in [1.82, 2.24) is 24.9 Å². The van der Waals surface area contributed by atoms with Crippen LogP contribution in [0.25, 0.3) is 5.70 Å². The van der Waals surface area contributed by atoms with E-state index < -0.39 is 5.60 Å². The van der Waals surface area contributed by atoms with Crippen LogP contribution in [0.2, 0.25) is 0 Å². The van der Waals surface area contributed by atoms with Crippen molar-refractivity contribution in [2.45, 2.75) is 38.5 Å². The van der Waals surface area contributed by atoms with Crippen LogP contribution in [0.5, 0.6) is 0 Å². The largest absolute Gasteiger partial charge is 0.384 e. The van der Waals surface area contributed by atoms with E-state index in [9.17, 15) is 5.11 Å². The predicted octanol–water partition coefficient (Wildman–Crippen LogP) is 4.12. The van der Waals surface area contributed by atoms with Crippen LogP contribution in [0.4, 0.5) is 23.3 Å². The van der Waals surface area contributed by atoms with Gasteiger partial charge in [0.2, 0.25) is 5.95 Å². The molecule has 5 heterocycles. The smallest absolute Gasteiger partial charge is 0.229 e. The second-order valence-electron chi connectivity index (χ2n) is 10.5. The highest BCUT2D eigenvalue weighted by Gasteiger charge is 2.35. The Hall–Kier alpha value is -3.79. The van der Waals surface area contributed by atoms with Crippen LogP contribution in [0.3, 0.4) is 0 Å². The van der Waals surface area contributed by atoms with E-state index in [0.717, 1.165) is 49.7 Å². The van der Waals surface area contributed by atoms with Crippen LogP contribution in [0.15, 0.2) is 61.8 Å². The van der Waals surface area contributed by atoms with Crippen LogP contribution < -0.4 is 10.3 Å². The summed E-state index contributed by atoms with van der Waals surface area (Å²) in [6.07, 6.45) is 4.65. The van der Waals surface area contributed by atoms with E-state index in [-0.39, 0.29) is 0 Å². The summed E-state index contributed by atoms with van der Waals surface area (Å²) in [5, 5.41) is 17.8. The molecule has 1 fully saturated rings. The molecular formula is C29H33N7O2. The van der Waals surface area contributed by atoms with Gasteiger partial charge in [-0.1, -0.05) is 24.8 Å². The maximum absolute atomic E-state index is 10.6. The van der Waals surface area contributed by atoms with Gasteiger partial charge in [-0.15, -0.1) is 6.58 Å². The van der Waals surface area contributed by atoms with Gasteiger partial charge in [-0.3, -0.25) is 9.91 Å². The fraction of sp³-hybridized carbons (Fsp3) is 0.345. The van der Waals surface area contributed by atoms with Crippen LogP contribution >= 0.6 is 0 Å². The Morgan fingerprint density at radius 2 is 2.03 bits per heavy atom. The van der Waals surface area contributed by atoms with Crippen LogP contribution in [0, 0.1) is 0 Å². The maximum Gasteiger partial charge on any atom is 0.229 e. The molecule has 0 atom stereocenters. The van der Waals surface area contributed by atoms with Crippen molar-refractivity contribution >= 4 is 29.0 Å². The fourth-order valence-corrected chi connectivity index (χ4v) is 5.13. The molecule has 3 aliphatic rings. The van der Waals surface area contributed by atoms with Gasteiger partial charge >= 0.3 is 0 Å². The lowest BCUT2D eigenvalue weighted by molar-refractivity contribution is -0.0694. The minimum Gasteiger partial charge on any atom is -0.384 e. The topological polar surface area (TPSA) is 89.9 Å². The number of nitrogens with one attached hydrogen (secondary N) is 1. The van der Waals surface area contributed by atoms with Gasteiger partial charge in [0, 0.05) is 25.0 Å². The minimum atomic E-state index is -1.08. The van der Waals surface area contributed by atoms with Gasteiger partial charge < -0.3 is 15.2 Å².